The van der Waals surface area contributed by atoms with Crippen LogP contribution in [0, 0.1) is 5.82 Å². The zero-order chi connectivity index (χ0) is 18.4. The van der Waals surface area contributed by atoms with Crippen LogP contribution >= 0.6 is 11.6 Å². The van der Waals surface area contributed by atoms with Crippen LogP contribution in [0.4, 0.5) is 4.39 Å². The van der Waals surface area contributed by atoms with Crippen molar-refractivity contribution in [2.24, 2.45) is 0 Å². The summed E-state index contributed by atoms with van der Waals surface area (Å²) in [6.45, 7) is 2.79. The number of carbonyl (C=O) groups is 3. The fraction of sp³-hybridized carbons (Fsp3) is 0.353. The van der Waals surface area contributed by atoms with Gasteiger partial charge in [-0.3, -0.25) is 19.3 Å². The van der Waals surface area contributed by atoms with E-state index in [1.807, 2.05) is 0 Å². The molecule has 0 saturated carbocycles. The molecule has 8 heteroatoms. The van der Waals surface area contributed by atoms with Gasteiger partial charge in [-0.1, -0.05) is 23.7 Å². The van der Waals surface area contributed by atoms with Crippen molar-refractivity contribution in [1.29, 1.82) is 0 Å². The first kappa shape index (κ1) is 17.4. The van der Waals surface area contributed by atoms with Crippen molar-refractivity contribution >= 4 is 29.3 Å². The SMILES string of the molecule is CC(=O)OC1=C(N2CCCC2=O)OC(C)(c2cccc(Cl)c2F)C1=O. The minimum absolute atomic E-state index is 0.101. The molecule has 1 aromatic carbocycles. The van der Waals surface area contributed by atoms with E-state index in [0.717, 1.165) is 6.92 Å². The van der Waals surface area contributed by atoms with E-state index in [-0.39, 0.29) is 28.8 Å². The third kappa shape index (κ3) is 2.78. The molecular formula is C17H15ClFNO5. The zero-order valence-corrected chi connectivity index (χ0v) is 14.4. The van der Waals surface area contributed by atoms with Gasteiger partial charge in [0.25, 0.3) is 5.78 Å². The van der Waals surface area contributed by atoms with Gasteiger partial charge in [-0.15, -0.1) is 0 Å². The van der Waals surface area contributed by atoms with Crippen LogP contribution in [0.1, 0.15) is 32.3 Å². The molecule has 1 saturated heterocycles. The molecule has 6 nitrogen and oxygen atoms in total. The number of esters is 1. The number of benzene rings is 1. The maximum Gasteiger partial charge on any atom is 0.308 e. The van der Waals surface area contributed by atoms with E-state index in [0.29, 0.717) is 13.0 Å². The lowest BCUT2D eigenvalue weighted by Gasteiger charge is -2.26. The number of ether oxygens (including phenoxy) is 2. The van der Waals surface area contributed by atoms with Crippen LogP contribution < -0.4 is 0 Å². The predicted molar refractivity (Wildman–Crippen MR) is 84.6 cm³/mol. The number of amides is 1. The molecule has 2 heterocycles. The molecule has 2 aliphatic rings. The number of nitrogens with zero attached hydrogens (tertiary/aromatic N) is 1. The molecule has 1 aromatic rings. The van der Waals surface area contributed by atoms with Gasteiger partial charge in [-0.2, -0.15) is 0 Å². The standard InChI is InChI=1S/C17H15ClFNO5/c1-9(21)24-14-15(23)17(2,10-5-3-6-11(18)13(10)19)25-16(14)20-8-4-7-12(20)22/h3,5-6H,4,7-8H2,1-2H3. The Hall–Kier alpha value is -2.41. The van der Waals surface area contributed by atoms with E-state index in [1.54, 1.807) is 0 Å². The quantitative estimate of drug-likeness (QED) is 0.768. The van der Waals surface area contributed by atoms with Crippen molar-refractivity contribution in [2.75, 3.05) is 6.54 Å². The number of halogens is 2. The van der Waals surface area contributed by atoms with Crippen LogP contribution in [0.3, 0.4) is 0 Å². The smallest absolute Gasteiger partial charge is 0.308 e. The van der Waals surface area contributed by atoms with Gasteiger partial charge in [0, 0.05) is 25.5 Å². The summed E-state index contributed by atoms with van der Waals surface area (Å²) in [4.78, 5) is 37.6. The molecule has 1 amide bonds. The van der Waals surface area contributed by atoms with E-state index in [2.05, 4.69) is 0 Å². The second-order valence-electron chi connectivity index (χ2n) is 5.94. The summed E-state index contributed by atoms with van der Waals surface area (Å²) < 4.78 is 25.2. The van der Waals surface area contributed by atoms with Crippen LogP contribution in [-0.2, 0) is 29.5 Å². The number of rotatable bonds is 3. The number of likely N-dealkylation sites (tertiary alicyclic amines) is 1. The van der Waals surface area contributed by atoms with Crippen LogP contribution in [0.2, 0.25) is 5.02 Å². The molecule has 132 valence electrons. The summed E-state index contributed by atoms with van der Waals surface area (Å²) >= 11 is 5.80. The Morgan fingerprint density at radius 1 is 1.40 bits per heavy atom. The summed E-state index contributed by atoms with van der Waals surface area (Å²) in [5.41, 5.74) is -1.89. The third-order valence-electron chi connectivity index (χ3n) is 4.16. The maximum absolute atomic E-state index is 14.5. The van der Waals surface area contributed by atoms with Crippen molar-refractivity contribution < 1.29 is 28.2 Å². The van der Waals surface area contributed by atoms with Crippen LogP contribution in [-0.4, -0.2) is 29.1 Å². The fourth-order valence-corrected chi connectivity index (χ4v) is 3.10. The number of ketones is 1. The Kier molecular flexibility index (Phi) is 4.28. The first-order valence-electron chi connectivity index (χ1n) is 7.67. The highest BCUT2D eigenvalue weighted by atomic mass is 35.5. The maximum atomic E-state index is 14.5. The third-order valence-corrected chi connectivity index (χ3v) is 4.46. The van der Waals surface area contributed by atoms with Crippen molar-refractivity contribution in [3.63, 3.8) is 0 Å². The lowest BCUT2D eigenvalue weighted by atomic mass is 9.91. The second kappa shape index (κ2) is 6.15. The molecule has 2 aliphatic heterocycles. The average molecular weight is 368 g/mol. The molecule has 0 spiro atoms. The van der Waals surface area contributed by atoms with E-state index >= 15 is 0 Å². The first-order valence-corrected chi connectivity index (χ1v) is 8.05. The predicted octanol–water partition coefficient (Wildman–Crippen LogP) is 2.65. The number of hydrogen-bond donors (Lipinski definition) is 0. The molecule has 0 radical (unpaired) electrons. The lowest BCUT2D eigenvalue weighted by Crippen LogP contribution is -2.33. The summed E-state index contributed by atoms with van der Waals surface area (Å²) in [6.07, 6.45) is 0.867. The van der Waals surface area contributed by atoms with Gasteiger partial charge in [0.05, 0.1) is 5.02 Å². The monoisotopic (exact) mass is 367 g/mol. The highest BCUT2D eigenvalue weighted by Crippen LogP contribution is 2.43. The Morgan fingerprint density at radius 3 is 2.72 bits per heavy atom. The van der Waals surface area contributed by atoms with Crippen LogP contribution in [0.15, 0.2) is 29.8 Å². The molecular weight excluding hydrogens is 353 g/mol. The summed E-state index contributed by atoms with van der Waals surface area (Å²) in [6, 6.07) is 4.18. The Balaban J connectivity index is 2.09. The van der Waals surface area contributed by atoms with Crippen molar-refractivity contribution in [2.45, 2.75) is 32.3 Å². The Bertz CT molecular complexity index is 821. The van der Waals surface area contributed by atoms with E-state index in [9.17, 15) is 18.8 Å². The van der Waals surface area contributed by atoms with E-state index < -0.39 is 28.9 Å². The van der Waals surface area contributed by atoms with Gasteiger partial charge in [-0.25, -0.2) is 4.39 Å². The minimum Gasteiger partial charge on any atom is -0.456 e. The van der Waals surface area contributed by atoms with Crippen molar-refractivity contribution in [1.82, 2.24) is 4.90 Å². The Labute approximate surface area is 148 Å². The van der Waals surface area contributed by atoms with Crippen LogP contribution in [0.25, 0.3) is 0 Å². The first-order chi connectivity index (χ1) is 11.8. The normalized spacial score (nSPS) is 23.3. The summed E-state index contributed by atoms with van der Waals surface area (Å²) in [5.74, 6) is -3.13. The summed E-state index contributed by atoms with van der Waals surface area (Å²) in [5, 5.41) is -0.171. The van der Waals surface area contributed by atoms with Gasteiger partial charge in [0.2, 0.25) is 23.2 Å². The van der Waals surface area contributed by atoms with Gasteiger partial charge < -0.3 is 9.47 Å². The molecule has 1 fully saturated rings. The van der Waals surface area contributed by atoms with E-state index in [1.165, 1.54) is 30.0 Å². The fourth-order valence-electron chi connectivity index (χ4n) is 2.92. The van der Waals surface area contributed by atoms with Gasteiger partial charge in [0.15, 0.2) is 0 Å². The highest BCUT2D eigenvalue weighted by Gasteiger charge is 2.53. The molecule has 0 N–H and O–H groups in total. The number of hydrogen-bond acceptors (Lipinski definition) is 5. The summed E-state index contributed by atoms with van der Waals surface area (Å²) in [7, 11) is 0. The molecule has 3 rings (SSSR count). The Morgan fingerprint density at radius 2 is 2.12 bits per heavy atom. The van der Waals surface area contributed by atoms with Gasteiger partial charge in [-0.05, 0) is 19.4 Å². The van der Waals surface area contributed by atoms with Crippen LogP contribution in [0.5, 0.6) is 0 Å². The number of carbonyl (C=O) groups excluding carboxylic acids is 3. The lowest BCUT2D eigenvalue weighted by molar-refractivity contribution is -0.142. The molecule has 1 atom stereocenters. The van der Waals surface area contributed by atoms with Crippen molar-refractivity contribution in [3.05, 3.63) is 46.2 Å². The molecule has 0 aliphatic carbocycles. The minimum atomic E-state index is -1.79. The van der Waals surface area contributed by atoms with Gasteiger partial charge >= 0.3 is 5.97 Å². The highest BCUT2D eigenvalue weighted by molar-refractivity contribution is 6.30. The molecule has 0 bridgehead atoms. The molecule has 25 heavy (non-hydrogen) atoms. The topological polar surface area (TPSA) is 72.9 Å². The largest absolute Gasteiger partial charge is 0.456 e. The second-order valence-corrected chi connectivity index (χ2v) is 6.35. The van der Waals surface area contributed by atoms with Gasteiger partial charge in [0.1, 0.15) is 5.82 Å². The zero-order valence-electron chi connectivity index (χ0n) is 13.6. The van der Waals surface area contributed by atoms with Crippen molar-refractivity contribution in [3.8, 4) is 0 Å². The average Bonchev–Trinajstić information content (AvgIpc) is 3.07. The molecule has 1 unspecified atom stereocenters. The number of Topliss-reactive ketones (excluding diaryl/α,β-unsaturated/α-hetero) is 1. The molecule has 0 aromatic heterocycles. The van der Waals surface area contributed by atoms with E-state index in [4.69, 9.17) is 21.1 Å².